The van der Waals surface area contributed by atoms with Crippen molar-refractivity contribution in [2.24, 2.45) is 0 Å². The lowest BCUT2D eigenvalue weighted by molar-refractivity contribution is 0.0625. The lowest BCUT2D eigenvalue weighted by Gasteiger charge is -2.34. The van der Waals surface area contributed by atoms with Gasteiger partial charge in [0.1, 0.15) is 11.5 Å². The van der Waals surface area contributed by atoms with Gasteiger partial charge in [0.05, 0.1) is 6.54 Å². The smallest absolute Gasteiger partial charge is 0.354 e. The van der Waals surface area contributed by atoms with Crippen LogP contribution >= 0.6 is 0 Å². The highest BCUT2D eigenvalue weighted by Gasteiger charge is 2.23. The summed E-state index contributed by atoms with van der Waals surface area (Å²) in [6.07, 6.45) is 4.86. The van der Waals surface area contributed by atoms with E-state index in [1.165, 1.54) is 12.3 Å². The number of carboxylic acid groups (broad SMARTS) is 1. The van der Waals surface area contributed by atoms with E-state index in [4.69, 9.17) is 5.11 Å². The Hall–Kier alpha value is -2.74. The van der Waals surface area contributed by atoms with Crippen LogP contribution in [0, 0.1) is 0 Å². The maximum Gasteiger partial charge on any atom is 0.354 e. The molecule has 0 aromatic carbocycles. The Morgan fingerprint density at radius 2 is 1.96 bits per heavy atom. The first-order valence-electron chi connectivity index (χ1n) is 7.33. The van der Waals surface area contributed by atoms with E-state index in [0.29, 0.717) is 18.7 Å². The number of carboxylic acids is 1. The van der Waals surface area contributed by atoms with E-state index in [2.05, 4.69) is 19.9 Å². The summed E-state index contributed by atoms with van der Waals surface area (Å²) in [4.78, 5) is 38.4. The van der Waals surface area contributed by atoms with Gasteiger partial charge in [0, 0.05) is 50.3 Å². The number of aromatic amines is 1. The zero-order chi connectivity index (χ0) is 16.2. The highest BCUT2D eigenvalue weighted by molar-refractivity contribution is 5.96. The summed E-state index contributed by atoms with van der Waals surface area (Å²) >= 11 is 0. The number of imidazole rings is 1. The van der Waals surface area contributed by atoms with Crippen LogP contribution in [0.4, 0.5) is 0 Å². The van der Waals surface area contributed by atoms with Gasteiger partial charge in [-0.05, 0) is 12.1 Å². The summed E-state index contributed by atoms with van der Waals surface area (Å²) in [6.45, 7) is 3.44. The van der Waals surface area contributed by atoms with Crippen LogP contribution in [0.5, 0.6) is 0 Å². The summed E-state index contributed by atoms with van der Waals surface area (Å²) in [6, 6.07) is 2.86. The molecule has 0 bridgehead atoms. The maximum atomic E-state index is 12.5. The number of hydrogen-bond donors (Lipinski definition) is 2. The Balaban J connectivity index is 1.60. The van der Waals surface area contributed by atoms with E-state index in [-0.39, 0.29) is 11.6 Å². The van der Waals surface area contributed by atoms with E-state index < -0.39 is 5.97 Å². The number of nitrogens with zero attached hydrogens (tertiary/aromatic N) is 4. The Bertz CT molecular complexity index is 693. The third-order valence-electron chi connectivity index (χ3n) is 3.81. The second-order valence-electron chi connectivity index (χ2n) is 5.34. The predicted molar refractivity (Wildman–Crippen MR) is 81.0 cm³/mol. The quantitative estimate of drug-likeness (QED) is 0.850. The van der Waals surface area contributed by atoms with E-state index in [1.54, 1.807) is 23.4 Å². The number of carbonyl (C=O) groups is 2. The number of carbonyl (C=O) groups excluding carboxylic acids is 1. The number of amides is 1. The molecule has 0 spiro atoms. The van der Waals surface area contributed by atoms with E-state index >= 15 is 0 Å². The van der Waals surface area contributed by atoms with Crippen LogP contribution < -0.4 is 0 Å². The summed E-state index contributed by atoms with van der Waals surface area (Å²) in [5.74, 6) is -0.388. The summed E-state index contributed by atoms with van der Waals surface area (Å²) in [7, 11) is 0. The fourth-order valence-corrected chi connectivity index (χ4v) is 2.57. The average Bonchev–Trinajstić information content (AvgIpc) is 3.08. The van der Waals surface area contributed by atoms with Gasteiger partial charge in [-0.3, -0.25) is 9.69 Å². The minimum atomic E-state index is -1.14. The number of pyridine rings is 1. The number of rotatable bonds is 4. The lowest BCUT2D eigenvalue weighted by atomic mass is 10.2. The molecule has 1 saturated heterocycles. The van der Waals surface area contributed by atoms with Gasteiger partial charge in [0.2, 0.25) is 0 Å². The zero-order valence-electron chi connectivity index (χ0n) is 12.5. The molecule has 23 heavy (non-hydrogen) atoms. The zero-order valence-corrected chi connectivity index (χ0v) is 12.5. The summed E-state index contributed by atoms with van der Waals surface area (Å²) < 4.78 is 0. The Morgan fingerprint density at radius 1 is 1.17 bits per heavy atom. The molecule has 120 valence electrons. The highest BCUT2D eigenvalue weighted by atomic mass is 16.4. The first-order chi connectivity index (χ1) is 11.1. The molecule has 2 aromatic rings. The van der Waals surface area contributed by atoms with Crippen molar-refractivity contribution in [3.63, 3.8) is 0 Å². The number of piperazine rings is 1. The number of aromatic nitrogens is 3. The van der Waals surface area contributed by atoms with Crippen molar-refractivity contribution >= 4 is 11.9 Å². The van der Waals surface area contributed by atoms with Gasteiger partial charge in [-0.1, -0.05) is 0 Å². The van der Waals surface area contributed by atoms with Gasteiger partial charge in [-0.25, -0.2) is 14.8 Å². The van der Waals surface area contributed by atoms with Crippen molar-refractivity contribution < 1.29 is 14.7 Å². The van der Waals surface area contributed by atoms with E-state index in [0.717, 1.165) is 25.5 Å². The molecular weight excluding hydrogens is 298 g/mol. The van der Waals surface area contributed by atoms with Crippen LogP contribution in [-0.4, -0.2) is 67.9 Å². The van der Waals surface area contributed by atoms with Crippen molar-refractivity contribution in [1.29, 1.82) is 0 Å². The molecule has 8 heteroatoms. The molecule has 0 radical (unpaired) electrons. The summed E-state index contributed by atoms with van der Waals surface area (Å²) in [5, 5.41) is 8.96. The molecule has 8 nitrogen and oxygen atoms in total. The van der Waals surface area contributed by atoms with Crippen molar-refractivity contribution in [2.45, 2.75) is 6.54 Å². The summed E-state index contributed by atoms with van der Waals surface area (Å²) in [5.41, 5.74) is 0.240. The number of nitrogens with one attached hydrogen (secondary N) is 1. The molecule has 3 rings (SSSR count). The minimum Gasteiger partial charge on any atom is -0.477 e. The van der Waals surface area contributed by atoms with Crippen LogP contribution in [0.1, 0.15) is 26.7 Å². The standard InChI is InChI=1S/C15H17N5O3/c21-14(11-1-2-16-12(9-11)15(22)23)20-7-5-19(6-8-20)10-13-17-3-4-18-13/h1-4,9H,5-8,10H2,(H,17,18)(H,22,23). The Labute approximate surface area is 132 Å². The number of aromatic carboxylic acids is 1. The largest absolute Gasteiger partial charge is 0.477 e. The molecule has 1 fully saturated rings. The first-order valence-corrected chi connectivity index (χ1v) is 7.33. The molecule has 3 heterocycles. The fourth-order valence-electron chi connectivity index (χ4n) is 2.57. The van der Waals surface area contributed by atoms with Crippen molar-refractivity contribution in [2.75, 3.05) is 26.2 Å². The van der Waals surface area contributed by atoms with Gasteiger partial charge in [-0.2, -0.15) is 0 Å². The van der Waals surface area contributed by atoms with Gasteiger partial charge in [0.15, 0.2) is 0 Å². The normalized spacial score (nSPS) is 15.6. The van der Waals surface area contributed by atoms with Crippen LogP contribution in [-0.2, 0) is 6.54 Å². The molecule has 1 aliphatic rings. The molecule has 1 amide bonds. The second-order valence-corrected chi connectivity index (χ2v) is 5.34. The lowest BCUT2D eigenvalue weighted by Crippen LogP contribution is -2.48. The van der Waals surface area contributed by atoms with Gasteiger partial charge in [0.25, 0.3) is 5.91 Å². The van der Waals surface area contributed by atoms with Crippen LogP contribution in [0.3, 0.4) is 0 Å². The molecule has 0 aliphatic carbocycles. The van der Waals surface area contributed by atoms with Crippen LogP contribution in [0.15, 0.2) is 30.7 Å². The van der Waals surface area contributed by atoms with Crippen LogP contribution in [0.2, 0.25) is 0 Å². The number of hydrogen-bond acceptors (Lipinski definition) is 5. The Kier molecular flexibility index (Phi) is 4.33. The van der Waals surface area contributed by atoms with Crippen molar-refractivity contribution in [3.8, 4) is 0 Å². The predicted octanol–water partition coefficient (Wildman–Crippen LogP) is 0.461. The van der Waals surface area contributed by atoms with Gasteiger partial charge >= 0.3 is 5.97 Å². The molecule has 1 aliphatic heterocycles. The van der Waals surface area contributed by atoms with Crippen molar-refractivity contribution in [1.82, 2.24) is 24.8 Å². The molecular formula is C15H17N5O3. The second kappa shape index (κ2) is 6.57. The molecule has 0 atom stereocenters. The van der Waals surface area contributed by atoms with Gasteiger partial charge in [-0.15, -0.1) is 0 Å². The van der Waals surface area contributed by atoms with E-state index in [1.807, 2.05) is 0 Å². The molecule has 0 saturated carbocycles. The van der Waals surface area contributed by atoms with Crippen LogP contribution in [0.25, 0.3) is 0 Å². The van der Waals surface area contributed by atoms with Crippen molar-refractivity contribution in [3.05, 3.63) is 47.8 Å². The number of H-pyrrole nitrogens is 1. The highest BCUT2D eigenvalue weighted by Crippen LogP contribution is 2.11. The third kappa shape index (κ3) is 3.54. The minimum absolute atomic E-state index is 0.118. The topological polar surface area (TPSA) is 102 Å². The molecule has 0 unspecified atom stereocenters. The SMILES string of the molecule is O=C(O)c1cc(C(=O)N2CCN(Cc3ncc[nH]3)CC2)ccn1. The molecule has 2 N–H and O–H groups in total. The average molecular weight is 315 g/mol. The third-order valence-corrected chi connectivity index (χ3v) is 3.81. The van der Waals surface area contributed by atoms with E-state index in [9.17, 15) is 9.59 Å². The Morgan fingerprint density at radius 3 is 2.61 bits per heavy atom. The fraction of sp³-hybridized carbons (Fsp3) is 0.333. The van der Waals surface area contributed by atoms with Gasteiger partial charge < -0.3 is 15.0 Å². The maximum absolute atomic E-state index is 12.5. The monoisotopic (exact) mass is 315 g/mol. The molecule has 2 aromatic heterocycles. The first kappa shape index (κ1) is 15.2.